The van der Waals surface area contributed by atoms with Crippen molar-refractivity contribution in [2.75, 3.05) is 28.7 Å². The summed E-state index contributed by atoms with van der Waals surface area (Å²) in [5, 5.41) is 5.74. The molecule has 1 amide bonds. The van der Waals surface area contributed by atoms with Crippen LogP contribution in [0, 0.1) is 0 Å². The summed E-state index contributed by atoms with van der Waals surface area (Å²) in [6.07, 6.45) is 3.34. The minimum absolute atomic E-state index is 0.0797. The summed E-state index contributed by atoms with van der Waals surface area (Å²) >= 11 is 0. The lowest BCUT2D eigenvalue weighted by atomic mass is 10.2. The molecular formula is C17H20N4O4S. The van der Waals surface area contributed by atoms with Gasteiger partial charge in [0.25, 0.3) is 5.91 Å². The van der Waals surface area contributed by atoms with Crippen molar-refractivity contribution in [2.45, 2.75) is 19.4 Å². The number of sulfone groups is 1. The van der Waals surface area contributed by atoms with E-state index in [1.165, 1.54) is 12.4 Å². The third kappa shape index (κ3) is 4.69. The summed E-state index contributed by atoms with van der Waals surface area (Å²) in [5.74, 6) is 0.968. The fourth-order valence-corrected chi connectivity index (χ4v) is 4.29. The number of anilines is 2. The molecule has 1 unspecified atom stereocenters. The summed E-state index contributed by atoms with van der Waals surface area (Å²) in [6, 6.07) is 6.86. The molecule has 1 fully saturated rings. The van der Waals surface area contributed by atoms with Crippen LogP contribution in [-0.4, -0.2) is 48.4 Å². The molecule has 26 heavy (non-hydrogen) atoms. The van der Waals surface area contributed by atoms with Crippen LogP contribution in [0.2, 0.25) is 0 Å². The van der Waals surface area contributed by atoms with Gasteiger partial charge in [-0.05, 0) is 37.6 Å². The Kier molecular flexibility index (Phi) is 5.36. The van der Waals surface area contributed by atoms with Gasteiger partial charge in [-0.15, -0.1) is 0 Å². The van der Waals surface area contributed by atoms with Crippen LogP contribution in [0.4, 0.5) is 11.6 Å². The molecule has 1 aliphatic rings. The maximum atomic E-state index is 12.2. The highest BCUT2D eigenvalue weighted by Gasteiger charge is 2.28. The van der Waals surface area contributed by atoms with Crippen LogP contribution in [0.1, 0.15) is 23.7 Å². The summed E-state index contributed by atoms with van der Waals surface area (Å²) in [6.45, 7) is 2.48. The molecule has 9 heteroatoms. The van der Waals surface area contributed by atoms with Crippen molar-refractivity contribution in [3.8, 4) is 5.75 Å². The first-order chi connectivity index (χ1) is 12.4. The van der Waals surface area contributed by atoms with Gasteiger partial charge in [0, 0.05) is 24.1 Å². The lowest BCUT2D eigenvalue weighted by molar-refractivity contribution is 0.102. The summed E-state index contributed by atoms with van der Waals surface area (Å²) in [5.41, 5.74) is 0.945. The largest absolute Gasteiger partial charge is 0.494 e. The van der Waals surface area contributed by atoms with E-state index in [1.54, 1.807) is 24.3 Å². The minimum atomic E-state index is -2.97. The Morgan fingerprint density at radius 3 is 2.50 bits per heavy atom. The van der Waals surface area contributed by atoms with Gasteiger partial charge in [-0.1, -0.05) is 0 Å². The Balaban J connectivity index is 1.58. The van der Waals surface area contributed by atoms with Crippen LogP contribution >= 0.6 is 0 Å². The molecule has 0 spiro atoms. The number of amides is 1. The first kappa shape index (κ1) is 18.1. The molecule has 2 aromatic rings. The molecule has 2 heterocycles. The van der Waals surface area contributed by atoms with Crippen molar-refractivity contribution in [3.05, 3.63) is 42.2 Å². The average molecular weight is 376 g/mol. The van der Waals surface area contributed by atoms with Gasteiger partial charge in [-0.25, -0.2) is 18.4 Å². The highest BCUT2D eigenvalue weighted by atomic mass is 32.2. The number of nitrogens with zero attached hydrogens (tertiary/aromatic N) is 2. The number of carbonyl (C=O) groups excluding carboxylic acids is 1. The predicted molar refractivity (Wildman–Crippen MR) is 98.3 cm³/mol. The number of benzene rings is 1. The van der Waals surface area contributed by atoms with E-state index < -0.39 is 9.84 Å². The number of carbonyl (C=O) groups is 1. The molecule has 2 N–H and O–H groups in total. The molecule has 0 aliphatic carbocycles. The molecule has 1 atom stereocenters. The lowest BCUT2D eigenvalue weighted by Crippen LogP contribution is -2.22. The van der Waals surface area contributed by atoms with Crippen molar-refractivity contribution in [1.82, 2.24) is 9.97 Å². The molecule has 1 saturated heterocycles. The zero-order chi connectivity index (χ0) is 18.6. The summed E-state index contributed by atoms with van der Waals surface area (Å²) in [4.78, 5) is 20.4. The van der Waals surface area contributed by atoms with Crippen LogP contribution in [0.15, 0.2) is 36.7 Å². The third-order valence-electron chi connectivity index (χ3n) is 3.90. The van der Waals surface area contributed by atoms with Crippen molar-refractivity contribution in [3.63, 3.8) is 0 Å². The van der Waals surface area contributed by atoms with Crippen LogP contribution in [0.25, 0.3) is 0 Å². The number of ether oxygens (including phenoxy) is 1. The highest BCUT2D eigenvalue weighted by molar-refractivity contribution is 7.91. The molecule has 0 saturated carbocycles. The quantitative estimate of drug-likeness (QED) is 0.790. The van der Waals surface area contributed by atoms with Crippen LogP contribution in [0.3, 0.4) is 0 Å². The zero-order valence-corrected chi connectivity index (χ0v) is 15.1. The van der Waals surface area contributed by atoms with Crippen LogP contribution < -0.4 is 15.4 Å². The monoisotopic (exact) mass is 376 g/mol. The number of hydrogen-bond donors (Lipinski definition) is 2. The molecule has 1 aromatic heterocycles. The second-order valence-electron chi connectivity index (χ2n) is 5.95. The van der Waals surface area contributed by atoms with Gasteiger partial charge in [0.1, 0.15) is 5.75 Å². The van der Waals surface area contributed by atoms with E-state index in [9.17, 15) is 13.2 Å². The van der Waals surface area contributed by atoms with Crippen molar-refractivity contribution >= 4 is 27.4 Å². The molecule has 1 aliphatic heterocycles. The van der Waals surface area contributed by atoms with E-state index in [-0.39, 0.29) is 23.5 Å². The van der Waals surface area contributed by atoms with E-state index in [1.807, 2.05) is 6.92 Å². The highest BCUT2D eigenvalue weighted by Crippen LogP contribution is 2.17. The van der Waals surface area contributed by atoms with Gasteiger partial charge in [0.05, 0.1) is 23.7 Å². The minimum Gasteiger partial charge on any atom is -0.494 e. The molecule has 0 radical (unpaired) electrons. The zero-order valence-electron chi connectivity index (χ0n) is 14.3. The summed E-state index contributed by atoms with van der Waals surface area (Å²) in [7, 11) is -2.97. The van der Waals surface area contributed by atoms with Gasteiger partial charge in [0.2, 0.25) is 5.95 Å². The molecule has 138 valence electrons. The van der Waals surface area contributed by atoms with Crippen molar-refractivity contribution < 1.29 is 17.9 Å². The second kappa shape index (κ2) is 7.69. The number of nitrogens with one attached hydrogen (secondary N) is 2. The van der Waals surface area contributed by atoms with E-state index in [0.717, 1.165) is 5.75 Å². The number of aromatic nitrogens is 2. The van der Waals surface area contributed by atoms with E-state index in [2.05, 4.69) is 20.6 Å². The van der Waals surface area contributed by atoms with E-state index in [4.69, 9.17) is 4.74 Å². The normalized spacial score (nSPS) is 18.3. The standard InChI is InChI=1S/C17H20N4O4S/c1-2-25-15-5-3-13(4-6-15)20-16(22)12-9-18-17(19-10-12)21-14-7-8-26(23,24)11-14/h3-6,9-10,14H,2,7-8,11H2,1H3,(H,20,22)(H,18,19,21). The molecular weight excluding hydrogens is 356 g/mol. The molecule has 1 aromatic carbocycles. The van der Waals surface area contributed by atoms with Crippen molar-refractivity contribution in [1.29, 1.82) is 0 Å². The SMILES string of the molecule is CCOc1ccc(NC(=O)c2cnc(NC3CCS(=O)(=O)C3)nc2)cc1. The summed E-state index contributed by atoms with van der Waals surface area (Å²) < 4.78 is 28.3. The molecule has 0 bridgehead atoms. The van der Waals surface area contributed by atoms with Crippen LogP contribution in [0.5, 0.6) is 5.75 Å². The fraction of sp³-hybridized carbons (Fsp3) is 0.353. The van der Waals surface area contributed by atoms with Gasteiger partial charge < -0.3 is 15.4 Å². The third-order valence-corrected chi connectivity index (χ3v) is 5.67. The smallest absolute Gasteiger partial charge is 0.258 e. The topological polar surface area (TPSA) is 110 Å². The van der Waals surface area contributed by atoms with Gasteiger partial charge >= 0.3 is 0 Å². The van der Waals surface area contributed by atoms with Gasteiger partial charge in [-0.2, -0.15) is 0 Å². The lowest BCUT2D eigenvalue weighted by Gasteiger charge is -2.11. The number of hydrogen-bond acceptors (Lipinski definition) is 7. The maximum Gasteiger partial charge on any atom is 0.258 e. The first-order valence-corrected chi connectivity index (χ1v) is 10.1. The molecule has 3 rings (SSSR count). The Morgan fingerprint density at radius 1 is 1.23 bits per heavy atom. The van der Waals surface area contributed by atoms with Crippen LogP contribution in [-0.2, 0) is 9.84 Å². The predicted octanol–water partition coefficient (Wildman–Crippen LogP) is 1.73. The first-order valence-electron chi connectivity index (χ1n) is 8.28. The Morgan fingerprint density at radius 2 is 1.92 bits per heavy atom. The fourth-order valence-electron chi connectivity index (χ4n) is 2.62. The Bertz CT molecular complexity index is 867. The average Bonchev–Trinajstić information content (AvgIpc) is 2.96. The van der Waals surface area contributed by atoms with Crippen molar-refractivity contribution in [2.24, 2.45) is 0 Å². The molecule has 8 nitrogen and oxygen atoms in total. The van der Waals surface area contributed by atoms with Gasteiger partial charge in [-0.3, -0.25) is 4.79 Å². The second-order valence-corrected chi connectivity index (χ2v) is 8.18. The Labute approximate surface area is 151 Å². The van der Waals surface area contributed by atoms with Gasteiger partial charge in [0.15, 0.2) is 9.84 Å². The van der Waals surface area contributed by atoms with E-state index in [0.29, 0.717) is 30.2 Å². The Hall–Kier alpha value is -2.68. The number of rotatable bonds is 6. The maximum absolute atomic E-state index is 12.2. The van der Waals surface area contributed by atoms with E-state index >= 15 is 0 Å².